The number of para-hydroxylation sites is 1. The van der Waals surface area contributed by atoms with Gasteiger partial charge >= 0.3 is 0 Å². The third-order valence-electron chi connectivity index (χ3n) is 3.88. The van der Waals surface area contributed by atoms with Gasteiger partial charge in [0.2, 0.25) is 0 Å². The maximum absolute atomic E-state index is 5.70. The summed E-state index contributed by atoms with van der Waals surface area (Å²) in [6.07, 6.45) is 3.74. The lowest BCUT2D eigenvalue weighted by Gasteiger charge is -2.27. The molecule has 3 rings (SSSR count). The third kappa shape index (κ3) is 3.05. The van der Waals surface area contributed by atoms with Crippen molar-refractivity contribution in [2.24, 2.45) is 0 Å². The van der Waals surface area contributed by atoms with E-state index in [9.17, 15) is 0 Å². The molecule has 0 spiro atoms. The van der Waals surface area contributed by atoms with E-state index < -0.39 is 0 Å². The van der Waals surface area contributed by atoms with E-state index in [1.54, 1.807) is 6.26 Å². The first-order valence-electron chi connectivity index (χ1n) is 7.30. The largest absolute Gasteiger partial charge is 0.493 e. The van der Waals surface area contributed by atoms with E-state index in [1.165, 1.54) is 5.56 Å². The molecule has 1 aromatic carbocycles. The molecule has 0 saturated heterocycles. The number of hydrogen-bond donors (Lipinski definition) is 1. The Morgan fingerprint density at radius 1 is 1.25 bits per heavy atom. The van der Waals surface area contributed by atoms with Gasteiger partial charge in [-0.1, -0.05) is 18.2 Å². The minimum absolute atomic E-state index is 0.413. The Labute approximate surface area is 119 Å². The fourth-order valence-electron chi connectivity index (χ4n) is 2.77. The van der Waals surface area contributed by atoms with Crippen LogP contribution in [0.25, 0.3) is 0 Å². The van der Waals surface area contributed by atoms with E-state index in [-0.39, 0.29) is 0 Å². The summed E-state index contributed by atoms with van der Waals surface area (Å²) in [4.78, 5) is 0. The molecule has 2 aromatic rings. The van der Waals surface area contributed by atoms with Crippen molar-refractivity contribution in [1.29, 1.82) is 0 Å². The third-order valence-corrected chi connectivity index (χ3v) is 3.88. The molecule has 0 fully saturated rings. The Morgan fingerprint density at radius 3 is 3.00 bits per heavy atom. The van der Waals surface area contributed by atoms with Crippen LogP contribution in [-0.2, 0) is 6.42 Å². The van der Waals surface area contributed by atoms with E-state index in [1.807, 2.05) is 18.2 Å². The van der Waals surface area contributed by atoms with Gasteiger partial charge in [0.1, 0.15) is 11.5 Å². The predicted octanol–water partition coefficient (Wildman–Crippen LogP) is 3.37. The van der Waals surface area contributed by atoms with E-state index in [2.05, 4.69) is 30.4 Å². The van der Waals surface area contributed by atoms with Gasteiger partial charge < -0.3 is 14.5 Å². The highest BCUT2D eigenvalue weighted by atomic mass is 16.5. The van der Waals surface area contributed by atoms with Crippen LogP contribution in [-0.4, -0.2) is 19.2 Å². The van der Waals surface area contributed by atoms with Gasteiger partial charge in [0.25, 0.3) is 0 Å². The number of furan rings is 1. The summed E-state index contributed by atoms with van der Waals surface area (Å²) in [5.41, 5.74) is 1.33. The number of fused-ring (bicyclic) bond motifs is 1. The van der Waals surface area contributed by atoms with Crippen molar-refractivity contribution in [3.63, 3.8) is 0 Å². The second-order valence-electron chi connectivity index (χ2n) is 5.46. The Bertz CT molecular complexity index is 536. The molecular formula is C17H21NO2. The van der Waals surface area contributed by atoms with Crippen LogP contribution in [0.3, 0.4) is 0 Å². The number of nitrogens with one attached hydrogen (secondary N) is 1. The zero-order valence-corrected chi connectivity index (χ0v) is 11.8. The fraction of sp³-hybridized carbons (Fsp3) is 0.412. The molecule has 106 valence electrons. The van der Waals surface area contributed by atoms with Gasteiger partial charge in [-0.2, -0.15) is 0 Å². The molecule has 1 aliphatic heterocycles. The molecule has 0 radical (unpaired) electrons. The van der Waals surface area contributed by atoms with Crippen LogP contribution in [0.2, 0.25) is 0 Å². The Hall–Kier alpha value is -1.74. The molecule has 3 heteroatoms. The molecule has 0 amide bonds. The molecule has 3 nitrogen and oxygen atoms in total. The highest BCUT2D eigenvalue weighted by Gasteiger charge is 2.21. The van der Waals surface area contributed by atoms with Crippen LogP contribution in [0, 0.1) is 0 Å². The van der Waals surface area contributed by atoms with Crippen molar-refractivity contribution < 1.29 is 9.15 Å². The molecule has 0 saturated carbocycles. The van der Waals surface area contributed by atoms with Gasteiger partial charge in [-0.05, 0) is 37.1 Å². The summed E-state index contributed by atoms with van der Waals surface area (Å²) < 4.78 is 11.1. The minimum atomic E-state index is 0.413. The second kappa shape index (κ2) is 6.14. The summed E-state index contributed by atoms with van der Waals surface area (Å²) in [6, 6.07) is 12.8. The van der Waals surface area contributed by atoms with Gasteiger partial charge in [0.05, 0.1) is 12.9 Å². The Morgan fingerprint density at radius 2 is 2.15 bits per heavy atom. The van der Waals surface area contributed by atoms with Crippen LogP contribution in [0.4, 0.5) is 0 Å². The van der Waals surface area contributed by atoms with Gasteiger partial charge in [0, 0.05) is 24.9 Å². The Balaban J connectivity index is 1.56. The molecule has 0 aliphatic carbocycles. The van der Waals surface area contributed by atoms with Crippen molar-refractivity contribution in [3.05, 3.63) is 54.0 Å². The number of rotatable bonds is 5. The van der Waals surface area contributed by atoms with Gasteiger partial charge in [0.15, 0.2) is 0 Å². The van der Waals surface area contributed by atoms with Crippen LogP contribution in [0.1, 0.15) is 30.6 Å². The molecule has 0 bridgehead atoms. The lowest BCUT2D eigenvalue weighted by molar-refractivity contribution is 0.262. The van der Waals surface area contributed by atoms with E-state index in [0.717, 1.165) is 37.5 Å². The van der Waals surface area contributed by atoms with Crippen LogP contribution < -0.4 is 10.1 Å². The smallest absolute Gasteiger partial charge is 0.122 e. The summed E-state index contributed by atoms with van der Waals surface area (Å²) in [5.74, 6) is 2.63. The Kier molecular flexibility index (Phi) is 4.07. The lowest BCUT2D eigenvalue weighted by Crippen LogP contribution is -2.33. The maximum Gasteiger partial charge on any atom is 0.122 e. The maximum atomic E-state index is 5.70. The van der Waals surface area contributed by atoms with E-state index in [0.29, 0.717) is 12.0 Å². The molecule has 20 heavy (non-hydrogen) atoms. The molecule has 1 N–H and O–H groups in total. The van der Waals surface area contributed by atoms with Crippen LogP contribution >= 0.6 is 0 Å². The molecule has 1 aliphatic rings. The number of hydrogen-bond acceptors (Lipinski definition) is 3. The molecule has 2 heterocycles. The van der Waals surface area contributed by atoms with Gasteiger partial charge in [-0.15, -0.1) is 0 Å². The highest BCUT2D eigenvalue weighted by molar-refractivity contribution is 5.37. The molecular weight excluding hydrogens is 250 g/mol. The van der Waals surface area contributed by atoms with Crippen molar-refractivity contribution in [2.75, 3.05) is 13.2 Å². The topological polar surface area (TPSA) is 34.4 Å². The first kappa shape index (κ1) is 13.3. The van der Waals surface area contributed by atoms with Crippen LogP contribution in [0.5, 0.6) is 5.75 Å². The monoisotopic (exact) mass is 271 g/mol. The van der Waals surface area contributed by atoms with Gasteiger partial charge in [-0.3, -0.25) is 0 Å². The average Bonchev–Trinajstić information content (AvgIpc) is 2.98. The second-order valence-corrected chi connectivity index (χ2v) is 5.46. The minimum Gasteiger partial charge on any atom is -0.493 e. The first-order valence-corrected chi connectivity index (χ1v) is 7.30. The van der Waals surface area contributed by atoms with E-state index >= 15 is 0 Å². The molecule has 1 aromatic heterocycles. The highest BCUT2D eigenvalue weighted by Crippen LogP contribution is 2.32. The molecule has 2 unspecified atom stereocenters. The summed E-state index contributed by atoms with van der Waals surface area (Å²) in [5, 5.41) is 3.62. The zero-order valence-electron chi connectivity index (χ0n) is 11.8. The fourth-order valence-corrected chi connectivity index (χ4v) is 2.77. The summed E-state index contributed by atoms with van der Waals surface area (Å²) >= 11 is 0. The number of benzene rings is 1. The van der Waals surface area contributed by atoms with Crippen molar-refractivity contribution in [1.82, 2.24) is 5.32 Å². The summed E-state index contributed by atoms with van der Waals surface area (Å²) in [7, 11) is 0. The quantitative estimate of drug-likeness (QED) is 0.905. The summed E-state index contributed by atoms with van der Waals surface area (Å²) in [6.45, 7) is 4.01. The SMILES string of the molecule is CC(Cc1ccco1)NCC1CCOc2ccccc21. The predicted molar refractivity (Wildman–Crippen MR) is 79.2 cm³/mol. The number of ether oxygens (including phenoxy) is 1. The standard InChI is InChI=1S/C17H21NO2/c1-13(11-15-5-4-9-19-15)18-12-14-8-10-20-17-7-3-2-6-16(14)17/h2-7,9,13-14,18H,8,10-12H2,1H3. The van der Waals surface area contributed by atoms with Crippen molar-refractivity contribution >= 4 is 0 Å². The van der Waals surface area contributed by atoms with Crippen LogP contribution in [0.15, 0.2) is 47.1 Å². The first-order chi connectivity index (χ1) is 9.83. The lowest BCUT2D eigenvalue weighted by atomic mass is 9.93. The van der Waals surface area contributed by atoms with Crippen molar-refractivity contribution in [3.8, 4) is 5.75 Å². The van der Waals surface area contributed by atoms with Gasteiger partial charge in [-0.25, -0.2) is 0 Å². The molecule has 2 atom stereocenters. The zero-order chi connectivity index (χ0) is 13.8. The van der Waals surface area contributed by atoms with Crippen molar-refractivity contribution in [2.45, 2.75) is 31.7 Å². The normalized spacial score (nSPS) is 19.1. The average molecular weight is 271 g/mol. The van der Waals surface area contributed by atoms with E-state index in [4.69, 9.17) is 9.15 Å².